The van der Waals surface area contributed by atoms with Gasteiger partial charge in [0.15, 0.2) is 0 Å². The molecule has 0 aliphatic heterocycles. The molecule has 0 fully saturated rings. The van der Waals surface area contributed by atoms with Gasteiger partial charge < -0.3 is 30.8 Å². The maximum atomic E-state index is 8.78. The first kappa shape index (κ1) is 52.8. The summed E-state index contributed by atoms with van der Waals surface area (Å²) in [5, 5.41) is 9.96. The molecule has 5 rings (SSSR count). The van der Waals surface area contributed by atoms with Crippen molar-refractivity contribution in [1.29, 1.82) is 0 Å². The van der Waals surface area contributed by atoms with Gasteiger partial charge in [0.25, 0.3) is 0 Å². The number of hydrogen-bond acceptors (Lipinski definition) is 6. The van der Waals surface area contributed by atoms with Crippen LogP contribution < -0.4 is 25.7 Å². The zero-order valence-corrected chi connectivity index (χ0v) is 40.8. The highest BCUT2D eigenvalue weighted by Gasteiger charge is 1.98. The van der Waals surface area contributed by atoms with Crippen LogP contribution >= 0.6 is 63.7 Å². The van der Waals surface area contributed by atoms with E-state index in [1.165, 1.54) is 69.5 Å². The molecule has 58 heavy (non-hydrogen) atoms. The molecule has 6 nitrogen and oxygen atoms in total. The number of ether oxygens (including phenoxy) is 3. The molecule has 318 valence electrons. The maximum Gasteiger partial charge on any atom is 0.129 e. The molecule has 0 atom stereocenters. The number of alkyl halides is 1. The Hall–Kier alpha value is -3.18. The Balaban J connectivity index is 0.000000373. The topological polar surface area (TPSA) is 100.0 Å². The second-order valence-corrected chi connectivity index (χ2v) is 16.7. The van der Waals surface area contributed by atoms with Crippen LogP contribution in [0.2, 0.25) is 0 Å². The van der Waals surface area contributed by atoms with E-state index in [1.807, 2.05) is 84.9 Å². The smallest absolute Gasteiger partial charge is 0.129 e. The van der Waals surface area contributed by atoms with Gasteiger partial charge in [0.1, 0.15) is 28.7 Å². The van der Waals surface area contributed by atoms with E-state index in [0.717, 1.165) is 68.2 Å². The minimum Gasteiger partial charge on any atom is -0.508 e. The van der Waals surface area contributed by atoms with Crippen molar-refractivity contribution in [3.05, 3.63) is 135 Å². The zero-order valence-electron chi connectivity index (χ0n) is 34.5. The minimum atomic E-state index is 0.291. The van der Waals surface area contributed by atoms with Gasteiger partial charge in [0.2, 0.25) is 0 Å². The van der Waals surface area contributed by atoms with E-state index in [-0.39, 0.29) is 0 Å². The van der Waals surface area contributed by atoms with Crippen molar-refractivity contribution in [3.63, 3.8) is 0 Å². The average Bonchev–Trinajstić information content (AvgIpc) is 3.20. The van der Waals surface area contributed by atoms with Crippen LogP contribution in [0.4, 0.5) is 11.4 Å². The number of nitrogens with two attached hydrogens (primary N) is 2. The Morgan fingerprint density at radius 2 is 0.897 bits per heavy atom. The molecular formula is C48H64Br4N2O4. The molecule has 0 heterocycles. The SMILES string of the molecule is CCCCCCBr.CCCCCCOc1cccc(Br)c1.CCCCCCOc1cccc(Br)c1.Nc1ccc(Oc2cccc(N)c2)cc1.Oc1cccc(Br)c1. The summed E-state index contributed by atoms with van der Waals surface area (Å²) in [6, 6.07) is 37.4. The van der Waals surface area contributed by atoms with Gasteiger partial charge in [0.05, 0.1) is 13.2 Å². The molecule has 0 aromatic heterocycles. The lowest BCUT2D eigenvalue weighted by Gasteiger charge is -2.06. The number of phenolic OH excluding ortho intramolecular Hbond substituents is 1. The third-order valence-corrected chi connectivity index (χ3v) is 9.94. The van der Waals surface area contributed by atoms with Crippen molar-refractivity contribution in [1.82, 2.24) is 0 Å². The van der Waals surface area contributed by atoms with Crippen LogP contribution in [0.25, 0.3) is 0 Å². The lowest BCUT2D eigenvalue weighted by molar-refractivity contribution is 0.305. The molecule has 0 saturated carbocycles. The molecule has 0 radical (unpaired) electrons. The summed E-state index contributed by atoms with van der Waals surface area (Å²) in [4.78, 5) is 0. The Morgan fingerprint density at radius 1 is 0.448 bits per heavy atom. The predicted octanol–water partition coefficient (Wildman–Crippen LogP) is 16.6. The molecule has 10 heteroatoms. The third kappa shape index (κ3) is 29.9. The van der Waals surface area contributed by atoms with E-state index >= 15 is 0 Å². The molecule has 5 aromatic carbocycles. The van der Waals surface area contributed by atoms with Crippen molar-refractivity contribution in [2.75, 3.05) is 30.0 Å². The van der Waals surface area contributed by atoms with Crippen molar-refractivity contribution in [3.8, 4) is 28.7 Å². The van der Waals surface area contributed by atoms with Crippen LogP contribution in [-0.4, -0.2) is 23.7 Å². The molecule has 0 amide bonds. The van der Waals surface area contributed by atoms with Crippen LogP contribution in [0, 0.1) is 0 Å². The highest BCUT2D eigenvalue weighted by molar-refractivity contribution is 9.11. The first-order valence-electron chi connectivity index (χ1n) is 20.3. The van der Waals surface area contributed by atoms with Crippen molar-refractivity contribution in [2.24, 2.45) is 0 Å². The largest absolute Gasteiger partial charge is 0.508 e. The van der Waals surface area contributed by atoms with Gasteiger partial charge in [-0.1, -0.05) is 167 Å². The predicted molar refractivity (Wildman–Crippen MR) is 263 cm³/mol. The first-order valence-corrected chi connectivity index (χ1v) is 23.8. The first-order chi connectivity index (χ1) is 28.1. The van der Waals surface area contributed by atoms with Gasteiger partial charge >= 0.3 is 0 Å². The average molecular weight is 1050 g/mol. The zero-order chi connectivity index (χ0) is 42.6. The van der Waals surface area contributed by atoms with Crippen LogP contribution in [-0.2, 0) is 0 Å². The normalized spacial score (nSPS) is 9.84. The molecule has 5 aromatic rings. The lowest BCUT2D eigenvalue weighted by Crippen LogP contribution is -1.96. The molecule has 5 N–H and O–H groups in total. The molecule has 0 spiro atoms. The molecule has 0 aliphatic carbocycles. The summed E-state index contributed by atoms with van der Waals surface area (Å²) < 4.78 is 19.8. The maximum absolute atomic E-state index is 8.78. The van der Waals surface area contributed by atoms with Gasteiger partial charge in [-0.15, -0.1) is 0 Å². The Kier molecular flexibility index (Phi) is 32.6. The summed E-state index contributed by atoms with van der Waals surface area (Å²) in [5.41, 5.74) is 12.6. The van der Waals surface area contributed by atoms with E-state index in [2.05, 4.69) is 84.5 Å². The number of benzene rings is 5. The number of phenols is 1. The van der Waals surface area contributed by atoms with E-state index in [0.29, 0.717) is 11.4 Å². The van der Waals surface area contributed by atoms with Gasteiger partial charge in [-0.25, -0.2) is 0 Å². The van der Waals surface area contributed by atoms with Crippen LogP contribution in [0.15, 0.2) is 135 Å². The van der Waals surface area contributed by atoms with Crippen molar-refractivity contribution >= 4 is 75.1 Å². The quantitative estimate of drug-likeness (QED) is 0.0459. The van der Waals surface area contributed by atoms with Crippen LogP contribution in [0.3, 0.4) is 0 Å². The highest BCUT2D eigenvalue weighted by atomic mass is 79.9. The van der Waals surface area contributed by atoms with Gasteiger partial charge in [-0.05, 0) is 110 Å². The van der Waals surface area contributed by atoms with Crippen LogP contribution in [0.1, 0.15) is 97.8 Å². The van der Waals surface area contributed by atoms with Gasteiger partial charge in [-0.2, -0.15) is 0 Å². The molecule has 0 aliphatic rings. The fourth-order valence-corrected chi connectivity index (χ4v) is 6.34. The number of aromatic hydroxyl groups is 1. The monoisotopic (exact) mass is 1050 g/mol. The Morgan fingerprint density at radius 3 is 1.31 bits per heavy atom. The van der Waals surface area contributed by atoms with Gasteiger partial charge in [-0.3, -0.25) is 0 Å². The number of anilines is 2. The number of hydrogen-bond donors (Lipinski definition) is 3. The van der Waals surface area contributed by atoms with E-state index in [4.69, 9.17) is 30.8 Å². The minimum absolute atomic E-state index is 0.291. The third-order valence-electron chi connectivity index (χ3n) is 7.89. The van der Waals surface area contributed by atoms with Crippen molar-refractivity contribution in [2.45, 2.75) is 97.8 Å². The second kappa shape index (κ2) is 35.7. The standard InChI is InChI=1S/2C12H17BrO.C12H12N2O.C6H5BrO.C6H13Br/c2*1-2-3-4-5-9-14-12-8-6-7-11(13)10-12;13-9-4-6-11(7-5-9)15-12-3-1-2-10(14)8-12;7-5-2-1-3-6(8)4-5;1-2-3-4-5-6-7/h2*6-8,10H,2-5,9H2,1H3;1-8H,13-14H2;1-4,8H;2-6H2,1H3. The molecule has 0 unspecified atom stereocenters. The Labute approximate surface area is 383 Å². The van der Waals surface area contributed by atoms with Gasteiger partial charge in [0, 0.05) is 36.2 Å². The van der Waals surface area contributed by atoms with E-state index in [9.17, 15) is 0 Å². The van der Waals surface area contributed by atoms with Crippen molar-refractivity contribution < 1.29 is 19.3 Å². The number of unbranched alkanes of at least 4 members (excludes halogenated alkanes) is 9. The number of halogens is 4. The van der Waals surface area contributed by atoms with E-state index < -0.39 is 0 Å². The Bertz CT molecular complexity index is 1650. The molecule has 0 saturated heterocycles. The summed E-state index contributed by atoms with van der Waals surface area (Å²) in [5.74, 6) is 3.67. The second-order valence-electron chi connectivity index (χ2n) is 13.2. The summed E-state index contributed by atoms with van der Waals surface area (Å²) in [7, 11) is 0. The molecular weight excluding hydrogens is 988 g/mol. The number of rotatable bonds is 18. The van der Waals surface area contributed by atoms with E-state index in [1.54, 1.807) is 36.4 Å². The fraction of sp³-hybridized carbons (Fsp3) is 0.375. The summed E-state index contributed by atoms with van der Waals surface area (Å²) in [6.07, 6.45) is 15.5. The number of nitrogen functional groups attached to an aromatic ring is 2. The fourth-order valence-electron chi connectivity index (χ4n) is 4.80. The molecule has 0 bridgehead atoms. The summed E-state index contributed by atoms with van der Waals surface area (Å²) in [6.45, 7) is 8.32. The summed E-state index contributed by atoms with van der Waals surface area (Å²) >= 11 is 13.4. The lowest BCUT2D eigenvalue weighted by atomic mass is 10.2. The van der Waals surface area contributed by atoms with Crippen LogP contribution in [0.5, 0.6) is 28.7 Å². The highest BCUT2D eigenvalue weighted by Crippen LogP contribution is 2.24.